The van der Waals surface area contributed by atoms with Crippen LogP contribution in [0.3, 0.4) is 0 Å². The molecule has 0 aliphatic carbocycles. The number of ether oxygens (including phenoxy) is 1. The topological polar surface area (TPSA) is 88.5 Å². The molecule has 3 rings (SSSR count). The molecule has 1 aromatic heterocycles. The number of hydrogen-bond acceptors (Lipinski definition) is 4. The van der Waals surface area contributed by atoms with Gasteiger partial charge in [-0.15, -0.1) is 0 Å². The van der Waals surface area contributed by atoms with Crippen molar-refractivity contribution in [3.05, 3.63) is 36.4 Å². The van der Waals surface area contributed by atoms with Gasteiger partial charge in [-0.1, -0.05) is 30.3 Å². The summed E-state index contributed by atoms with van der Waals surface area (Å²) in [7, 11) is 1.85. The first-order valence-electron chi connectivity index (χ1n) is 9.86. The number of aromatic nitrogens is 2. The summed E-state index contributed by atoms with van der Waals surface area (Å²) in [5.74, 6) is 0.495. The van der Waals surface area contributed by atoms with Crippen molar-refractivity contribution >= 4 is 17.9 Å². The highest BCUT2D eigenvalue weighted by atomic mass is 16.6. The summed E-state index contributed by atoms with van der Waals surface area (Å²) >= 11 is 0. The second kappa shape index (κ2) is 8.55. The van der Waals surface area contributed by atoms with Crippen molar-refractivity contribution in [3.63, 3.8) is 0 Å². The molecule has 0 atom stereocenters. The van der Waals surface area contributed by atoms with Crippen molar-refractivity contribution in [2.75, 3.05) is 18.4 Å². The number of piperidine rings is 1. The molecular formula is C21H29N5O3. The van der Waals surface area contributed by atoms with Gasteiger partial charge in [-0.05, 0) is 39.2 Å². The number of benzene rings is 1. The first-order valence-corrected chi connectivity index (χ1v) is 9.86. The molecule has 0 radical (unpaired) electrons. The van der Waals surface area contributed by atoms with Crippen LogP contribution in [-0.2, 0) is 11.8 Å². The van der Waals surface area contributed by atoms with E-state index in [1.54, 1.807) is 9.58 Å². The maximum atomic E-state index is 12.4. The lowest BCUT2D eigenvalue weighted by Gasteiger charge is -2.33. The minimum atomic E-state index is -0.507. The molecule has 0 spiro atoms. The van der Waals surface area contributed by atoms with Crippen LogP contribution in [0, 0.1) is 0 Å². The number of anilines is 1. The Morgan fingerprint density at radius 2 is 1.79 bits per heavy atom. The quantitative estimate of drug-likeness (QED) is 0.825. The van der Waals surface area contributed by atoms with Gasteiger partial charge in [0.2, 0.25) is 0 Å². The molecular weight excluding hydrogens is 370 g/mol. The molecule has 0 unspecified atom stereocenters. The molecule has 1 aliphatic rings. The van der Waals surface area contributed by atoms with Crippen molar-refractivity contribution in [2.45, 2.75) is 45.3 Å². The zero-order valence-corrected chi connectivity index (χ0v) is 17.4. The zero-order chi connectivity index (χ0) is 21.0. The molecule has 1 fully saturated rings. The fourth-order valence-corrected chi connectivity index (χ4v) is 3.28. The Labute approximate surface area is 171 Å². The van der Waals surface area contributed by atoms with Gasteiger partial charge in [0.1, 0.15) is 5.60 Å². The molecule has 3 amide bonds. The van der Waals surface area contributed by atoms with Gasteiger partial charge in [0.15, 0.2) is 5.82 Å². The molecule has 2 N–H and O–H groups in total. The molecule has 1 saturated heterocycles. The molecule has 0 bridgehead atoms. The summed E-state index contributed by atoms with van der Waals surface area (Å²) in [6.45, 7) is 6.67. The molecule has 2 heterocycles. The van der Waals surface area contributed by atoms with Gasteiger partial charge in [0.05, 0.1) is 5.69 Å². The standard InChI is InChI=1S/C21H29N5O3/c1-21(2,3)29-20(28)26-12-10-16(11-13-26)22-19(27)23-18-14-17(25(4)24-18)15-8-6-5-7-9-15/h5-9,14,16H,10-13H2,1-4H3,(H2,22,23,24,27). The predicted molar refractivity (Wildman–Crippen MR) is 112 cm³/mol. The molecule has 8 heteroatoms. The first kappa shape index (κ1) is 20.7. The summed E-state index contributed by atoms with van der Waals surface area (Å²) in [6, 6.07) is 11.4. The largest absolute Gasteiger partial charge is 0.444 e. The van der Waals surface area contributed by atoms with Crippen molar-refractivity contribution in [3.8, 4) is 11.3 Å². The Balaban J connectivity index is 1.49. The highest BCUT2D eigenvalue weighted by Gasteiger charge is 2.27. The Morgan fingerprint density at radius 3 is 2.41 bits per heavy atom. The Morgan fingerprint density at radius 1 is 1.14 bits per heavy atom. The normalized spacial score (nSPS) is 15.1. The number of amides is 3. The SMILES string of the molecule is Cn1nc(NC(=O)NC2CCN(C(=O)OC(C)(C)C)CC2)cc1-c1ccccc1. The lowest BCUT2D eigenvalue weighted by atomic mass is 10.1. The van der Waals surface area contributed by atoms with Crippen molar-refractivity contribution in [1.29, 1.82) is 0 Å². The van der Waals surface area contributed by atoms with E-state index in [0.717, 1.165) is 11.3 Å². The highest BCUT2D eigenvalue weighted by Crippen LogP contribution is 2.21. The van der Waals surface area contributed by atoms with E-state index in [-0.39, 0.29) is 18.2 Å². The number of hydrogen-bond donors (Lipinski definition) is 2. The van der Waals surface area contributed by atoms with Crippen LogP contribution in [0.4, 0.5) is 15.4 Å². The summed E-state index contributed by atoms with van der Waals surface area (Å²) < 4.78 is 7.14. The number of rotatable bonds is 3. The van der Waals surface area contributed by atoms with Crippen molar-refractivity contribution in [1.82, 2.24) is 20.0 Å². The minimum Gasteiger partial charge on any atom is -0.444 e. The monoisotopic (exact) mass is 399 g/mol. The Hall–Kier alpha value is -3.03. The van der Waals surface area contributed by atoms with Crippen LogP contribution in [0.15, 0.2) is 36.4 Å². The Kier molecular flexibility index (Phi) is 6.10. The molecule has 29 heavy (non-hydrogen) atoms. The second-order valence-electron chi connectivity index (χ2n) is 8.24. The van der Waals surface area contributed by atoms with Gasteiger partial charge in [-0.25, -0.2) is 9.59 Å². The number of nitrogens with one attached hydrogen (secondary N) is 2. The molecule has 8 nitrogen and oxygen atoms in total. The molecule has 156 valence electrons. The molecule has 0 saturated carbocycles. The number of aryl methyl sites for hydroxylation is 1. The van der Waals surface area contributed by atoms with Gasteiger partial charge in [0.25, 0.3) is 0 Å². The number of nitrogens with zero attached hydrogens (tertiary/aromatic N) is 3. The van der Waals surface area contributed by atoms with E-state index < -0.39 is 5.60 Å². The van der Waals surface area contributed by atoms with Crippen LogP contribution >= 0.6 is 0 Å². The number of carbonyl (C=O) groups is 2. The van der Waals surface area contributed by atoms with E-state index in [1.165, 1.54) is 0 Å². The molecule has 1 aliphatic heterocycles. The van der Waals surface area contributed by atoms with Crippen LogP contribution in [0.2, 0.25) is 0 Å². The second-order valence-corrected chi connectivity index (χ2v) is 8.24. The maximum absolute atomic E-state index is 12.4. The minimum absolute atomic E-state index is 0.00555. The van der Waals surface area contributed by atoms with Crippen molar-refractivity contribution < 1.29 is 14.3 Å². The van der Waals surface area contributed by atoms with E-state index in [2.05, 4.69) is 15.7 Å². The fourth-order valence-electron chi connectivity index (χ4n) is 3.28. The zero-order valence-electron chi connectivity index (χ0n) is 17.4. The molecule has 2 aromatic rings. The fraction of sp³-hybridized carbons (Fsp3) is 0.476. The first-order chi connectivity index (χ1) is 13.7. The third-order valence-electron chi connectivity index (χ3n) is 4.67. The number of likely N-dealkylation sites (tertiary alicyclic amines) is 1. The van der Waals surface area contributed by atoms with Crippen molar-refractivity contribution in [2.24, 2.45) is 7.05 Å². The summed E-state index contributed by atoms with van der Waals surface area (Å²) in [5, 5.41) is 10.1. The number of carbonyl (C=O) groups excluding carboxylic acids is 2. The third-order valence-corrected chi connectivity index (χ3v) is 4.67. The summed E-state index contributed by atoms with van der Waals surface area (Å²) in [4.78, 5) is 26.2. The number of urea groups is 1. The van der Waals surface area contributed by atoms with Gasteiger partial charge in [-0.2, -0.15) is 5.10 Å². The van der Waals surface area contributed by atoms with E-state index >= 15 is 0 Å². The van der Waals surface area contributed by atoms with Gasteiger partial charge in [0, 0.05) is 32.2 Å². The summed E-state index contributed by atoms with van der Waals surface area (Å²) in [5.41, 5.74) is 1.45. The lowest BCUT2D eigenvalue weighted by molar-refractivity contribution is 0.0202. The molecule has 1 aromatic carbocycles. The average Bonchev–Trinajstić information content (AvgIpc) is 3.01. The van der Waals surface area contributed by atoms with E-state index in [9.17, 15) is 9.59 Å². The van der Waals surface area contributed by atoms with Gasteiger partial charge < -0.3 is 15.0 Å². The smallest absolute Gasteiger partial charge is 0.410 e. The average molecular weight is 399 g/mol. The van der Waals surface area contributed by atoms with Crippen LogP contribution < -0.4 is 10.6 Å². The van der Waals surface area contributed by atoms with Crippen LogP contribution in [0.5, 0.6) is 0 Å². The van der Waals surface area contributed by atoms with Crippen LogP contribution in [0.25, 0.3) is 11.3 Å². The Bertz CT molecular complexity index is 849. The van der Waals surface area contributed by atoms with E-state index in [4.69, 9.17) is 4.74 Å². The lowest BCUT2D eigenvalue weighted by Crippen LogP contribution is -2.48. The van der Waals surface area contributed by atoms with Crippen LogP contribution in [0.1, 0.15) is 33.6 Å². The van der Waals surface area contributed by atoms with Crippen LogP contribution in [-0.4, -0.2) is 51.5 Å². The predicted octanol–water partition coefficient (Wildman–Crippen LogP) is 3.61. The maximum Gasteiger partial charge on any atom is 0.410 e. The van der Waals surface area contributed by atoms with Gasteiger partial charge >= 0.3 is 12.1 Å². The van der Waals surface area contributed by atoms with E-state index in [0.29, 0.717) is 31.7 Å². The summed E-state index contributed by atoms with van der Waals surface area (Å²) in [6.07, 6.45) is 1.07. The third kappa shape index (κ3) is 5.73. The van der Waals surface area contributed by atoms with E-state index in [1.807, 2.05) is 64.2 Å². The van der Waals surface area contributed by atoms with Gasteiger partial charge in [-0.3, -0.25) is 10.00 Å². The highest BCUT2D eigenvalue weighted by molar-refractivity contribution is 5.89.